The molecule has 1 rings (SSSR count). The topological polar surface area (TPSA) is 55.6 Å². The van der Waals surface area contributed by atoms with Crippen LogP contribution in [-0.2, 0) is 9.53 Å². The summed E-state index contributed by atoms with van der Waals surface area (Å²) in [7, 11) is 2.15. The highest BCUT2D eigenvalue weighted by Gasteiger charge is 2.32. The summed E-state index contributed by atoms with van der Waals surface area (Å²) in [4.78, 5) is 14.1. The molecule has 0 aromatic carbocycles. The molecule has 2 N–H and O–H groups in total. The summed E-state index contributed by atoms with van der Waals surface area (Å²) in [6.07, 6.45) is 5.89. The van der Waals surface area contributed by atoms with E-state index >= 15 is 0 Å². The monoisotopic (exact) mass is 270 g/mol. The Kier molecular flexibility index (Phi) is 6.27. The Morgan fingerprint density at radius 3 is 2.63 bits per heavy atom. The first-order valence-corrected chi connectivity index (χ1v) is 7.55. The Morgan fingerprint density at radius 2 is 2.05 bits per heavy atom. The van der Waals surface area contributed by atoms with Gasteiger partial charge in [0.2, 0.25) is 0 Å². The van der Waals surface area contributed by atoms with Gasteiger partial charge in [-0.15, -0.1) is 0 Å². The standard InChI is InChI=1S/C15H30N2O2/c1-5-19-14(18)15(3,16)10-11-17(4)13-9-7-6-8-12(13)2/h12-13H,5-11,16H2,1-4H3. The van der Waals surface area contributed by atoms with E-state index in [1.165, 1.54) is 25.7 Å². The molecule has 0 saturated heterocycles. The van der Waals surface area contributed by atoms with Crippen molar-refractivity contribution in [2.24, 2.45) is 11.7 Å². The zero-order chi connectivity index (χ0) is 14.5. The van der Waals surface area contributed by atoms with Gasteiger partial charge < -0.3 is 15.4 Å². The molecule has 0 amide bonds. The second kappa shape index (κ2) is 7.25. The fourth-order valence-corrected chi connectivity index (χ4v) is 2.92. The van der Waals surface area contributed by atoms with Crippen molar-refractivity contribution in [3.63, 3.8) is 0 Å². The number of rotatable bonds is 6. The molecular formula is C15H30N2O2. The molecule has 0 aromatic rings. The quantitative estimate of drug-likeness (QED) is 0.752. The largest absolute Gasteiger partial charge is 0.465 e. The van der Waals surface area contributed by atoms with Crippen molar-refractivity contribution in [2.45, 2.75) is 64.5 Å². The van der Waals surface area contributed by atoms with Gasteiger partial charge in [-0.05, 0) is 46.1 Å². The lowest BCUT2D eigenvalue weighted by molar-refractivity contribution is -0.149. The fraction of sp³-hybridized carbons (Fsp3) is 0.933. The van der Waals surface area contributed by atoms with Crippen LogP contribution in [0.25, 0.3) is 0 Å². The predicted molar refractivity (Wildman–Crippen MR) is 77.9 cm³/mol. The van der Waals surface area contributed by atoms with Crippen LogP contribution in [0.15, 0.2) is 0 Å². The zero-order valence-corrected chi connectivity index (χ0v) is 12.9. The third kappa shape index (κ3) is 4.77. The average Bonchev–Trinajstić information content (AvgIpc) is 2.37. The molecule has 4 nitrogen and oxygen atoms in total. The van der Waals surface area contributed by atoms with E-state index in [2.05, 4.69) is 18.9 Å². The van der Waals surface area contributed by atoms with Gasteiger partial charge in [-0.2, -0.15) is 0 Å². The maximum atomic E-state index is 11.8. The van der Waals surface area contributed by atoms with Gasteiger partial charge in [0.1, 0.15) is 5.54 Å². The number of hydrogen-bond acceptors (Lipinski definition) is 4. The lowest BCUT2D eigenvalue weighted by Gasteiger charge is -2.37. The third-order valence-corrected chi connectivity index (χ3v) is 4.36. The first-order chi connectivity index (χ1) is 8.88. The van der Waals surface area contributed by atoms with E-state index < -0.39 is 5.54 Å². The number of carbonyl (C=O) groups is 1. The molecule has 0 heterocycles. The van der Waals surface area contributed by atoms with Crippen LogP contribution in [0.5, 0.6) is 0 Å². The summed E-state index contributed by atoms with van der Waals surface area (Å²) in [5.74, 6) is 0.450. The van der Waals surface area contributed by atoms with E-state index in [4.69, 9.17) is 10.5 Å². The molecule has 0 spiro atoms. The van der Waals surface area contributed by atoms with E-state index in [9.17, 15) is 4.79 Å². The first-order valence-electron chi connectivity index (χ1n) is 7.55. The van der Waals surface area contributed by atoms with Gasteiger partial charge in [0.25, 0.3) is 0 Å². The minimum absolute atomic E-state index is 0.292. The van der Waals surface area contributed by atoms with Crippen molar-refractivity contribution < 1.29 is 9.53 Å². The molecular weight excluding hydrogens is 240 g/mol. The van der Waals surface area contributed by atoms with Gasteiger partial charge in [0, 0.05) is 12.6 Å². The van der Waals surface area contributed by atoms with Crippen molar-refractivity contribution in [1.29, 1.82) is 0 Å². The average molecular weight is 270 g/mol. The lowest BCUT2D eigenvalue weighted by Crippen LogP contribution is -2.49. The van der Waals surface area contributed by atoms with Gasteiger partial charge in [-0.1, -0.05) is 19.8 Å². The predicted octanol–water partition coefficient (Wildman–Crippen LogP) is 2.17. The lowest BCUT2D eigenvalue weighted by atomic mass is 9.85. The van der Waals surface area contributed by atoms with E-state index in [0.717, 1.165) is 12.5 Å². The van der Waals surface area contributed by atoms with Crippen LogP contribution in [0, 0.1) is 5.92 Å². The van der Waals surface area contributed by atoms with Crippen LogP contribution in [-0.4, -0.2) is 42.6 Å². The number of hydrogen-bond donors (Lipinski definition) is 1. The highest BCUT2D eigenvalue weighted by Crippen LogP contribution is 2.27. The molecule has 1 aliphatic carbocycles. The fourth-order valence-electron chi connectivity index (χ4n) is 2.92. The SMILES string of the molecule is CCOC(=O)C(C)(N)CCN(C)C1CCCCC1C. The van der Waals surface area contributed by atoms with Crippen molar-refractivity contribution in [3.05, 3.63) is 0 Å². The molecule has 3 atom stereocenters. The Hall–Kier alpha value is -0.610. The third-order valence-electron chi connectivity index (χ3n) is 4.36. The van der Waals surface area contributed by atoms with Crippen molar-refractivity contribution in [1.82, 2.24) is 4.90 Å². The smallest absolute Gasteiger partial charge is 0.325 e. The molecule has 0 aromatic heterocycles. The van der Waals surface area contributed by atoms with Crippen LogP contribution in [0.2, 0.25) is 0 Å². The van der Waals surface area contributed by atoms with Crippen molar-refractivity contribution in [3.8, 4) is 0 Å². The van der Waals surface area contributed by atoms with E-state index in [1.807, 2.05) is 6.92 Å². The maximum Gasteiger partial charge on any atom is 0.325 e. The summed E-state index contributed by atoms with van der Waals surface area (Å²) < 4.78 is 5.02. The number of esters is 1. The number of nitrogens with zero attached hydrogens (tertiary/aromatic N) is 1. The Labute approximate surface area is 117 Å². The normalized spacial score (nSPS) is 27.1. The van der Waals surface area contributed by atoms with Crippen LogP contribution in [0.4, 0.5) is 0 Å². The van der Waals surface area contributed by atoms with Gasteiger partial charge in [0.15, 0.2) is 0 Å². The number of carbonyl (C=O) groups excluding carboxylic acids is 1. The van der Waals surface area contributed by atoms with Crippen molar-refractivity contribution in [2.75, 3.05) is 20.2 Å². The molecule has 19 heavy (non-hydrogen) atoms. The van der Waals surface area contributed by atoms with Crippen molar-refractivity contribution >= 4 is 5.97 Å². The molecule has 1 fully saturated rings. The van der Waals surface area contributed by atoms with Crippen LogP contribution in [0.1, 0.15) is 52.9 Å². The minimum Gasteiger partial charge on any atom is -0.465 e. The van der Waals surface area contributed by atoms with Crippen LogP contribution < -0.4 is 5.73 Å². The van der Waals surface area contributed by atoms with Gasteiger partial charge >= 0.3 is 5.97 Å². The summed E-state index contributed by atoms with van der Waals surface area (Å²) >= 11 is 0. The maximum absolute atomic E-state index is 11.8. The van der Waals surface area contributed by atoms with E-state index in [1.54, 1.807) is 6.92 Å². The minimum atomic E-state index is -0.873. The Bertz CT molecular complexity index is 292. The molecule has 1 aliphatic rings. The summed E-state index contributed by atoms with van der Waals surface area (Å²) in [5, 5.41) is 0. The number of nitrogens with two attached hydrogens (primary N) is 1. The highest BCUT2D eigenvalue weighted by molar-refractivity contribution is 5.79. The van der Waals surface area contributed by atoms with E-state index in [-0.39, 0.29) is 5.97 Å². The van der Waals surface area contributed by atoms with Gasteiger partial charge in [-0.3, -0.25) is 4.79 Å². The highest BCUT2D eigenvalue weighted by atomic mass is 16.5. The number of ether oxygens (including phenoxy) is 1. The summed E-state index contributed by atoms with van der Waals surface area (Å²) in [5.41, 5.74) is 5.18. The second-order valence-electron chi connectivity index (χ2n) is 6.20. The van der Waals surface area contributed by atoms with Crippen LogP contribution >= 0.6 is 0 Å². The molecule has 1 saturated carbocycles. The second-order valence-corrected chi connectivity index (χ2v) is 6.20. The zero-order valence-electron chi connectivity index (χ0n) is 12.9. The molecule has 0 bridgehead atoms. The summed E-state index contributed by atoms with van der Waals surface area (Å²) in [6, 6.07) is 0.631. The molecule has 112 valence electrons. The molecule has 0 aliphatic heterocycles. The first kappa shape index (κ1) is 16.4. The molecule has 3 unspecified atom stereocenters. The van der Waals surface area contributed by atoms with Gasteiger partial charge in [-0.25, -0.2) is 0 Å². The van der Waals surface area contributed by atoms with Gasteiger partial charge in [0.05, 0.1) is 6.61 Å². The Morgan fingerprint density at radius 1 is 1.42 bits per heavy atom. The van der Waals surface area contributed by atoms with E-state index in [0.29, 0.717) is 19.1 Å². The molecule has 0 radical (unpaired) electrons. The molecule has 4 heteroatoms. The Balaban J connectivity index is 2.44. The van der Waals surface area contributed by atoms with Crippen LogP contribution in [0.3, 0.4) is 0 Å². The summed E-state index contributed by atoms with van der Waals surface area (Å²) in [6.45, 7) is 7.14.